The Morgan fingerprint density at radius 2 is 2.27 bits per heavy atom. The van der Waals surface area contributed by atoms with Crippen molar-refractivity contribution in [1.82, 2.24) is 0 Å². The second-order valence-corrected chi connectivity index (χ2v) is 3.73. The van der Waals surface area contributed by atoms with Gasteiger partial charge < -0.3 is 16.2 Å². The monoisotopic (exact) mass is 212 g/mol. The molecule has 0 bridgehead atoms. The van der Waals surface area contributed by atoms with E-state index in [1.807, 2.05) is 6.92 Å². The van der Waals surface area contributed by atoms with Crippen LogP contribution in [0.15, 0.2) is 18.2 Å². The first kappa shape index (κ1) is 11.8. The summed E-state index contributed by atoms with van der Waals surface area (Å²) < 4.78 is 12.7. The molecule has 0 aliphatic carbocycles. The largest absolute Gasteiger partial charge is 0.397 e. The fourth-order valence-electron chi connectivity index (χ4n) is 1.30. The average Bonchev–Trinajstić information content (AvgIpc) is 2.17. The third-order valence-corrected chi connectivity index (χ3v) is 2.28. The van der Waals surface area contributed by atoms with E-state index in [4.69, 9.17) is 10.8 Å². The quantitative estimate of drug-likeness (QED) is 0.653. The highest BCUT2D eigenvalue weighted by atomic mass is 19.1. The van der Waals surface area contributed by atoms with Crippen molar-refractivity contribution in [3.05, 3.63) is 24.0 Å². The molecule has 0 spiro atoms. The topological polar surface area (TPSA) is 58.3 Å². The molecule has 1 rings (SSSR count). The number of benzene rings is 1. The van der Waals surface area contributed by atoms with E-state index in [1.54, 1.807) is 6.07 Å². The van der Waals surface area contributed by atoms with Gasteiger partial charge in [-0.2, -0.15) is 0 Å². The van der Waals surface area contributed by atoms with Gasteiger partial charge in [-0.3, -0.25) is 0 Å². The van der Waals surface area contributed by atoms with Crippen molar-refractivity contribution in [2.24, 2.45) is 5.92 Å². The highest BCUT2D eigenvalue weighted by Gasteiger charge is 2.03. The predicted octanol–water partition coefficient (Wildman–Crippen LogP) is 1.84. The van der Waals surface area contributed by atoms with E-state index in [0.29, 0.717) is 11.6 Å². The van der Waals surface area contributed by atoms with Crippen molar-refractivity contribution in [3.8, 4) is 0 Å². The van der Waals surface area contributed by atoms with Gasteiger partial charge in [0.1, 0.15) is 5.82 Å². The number of hydrogen-bond donors (Lipinski definition) is 3. The molecule has 0 aromatic heterocycles. The zero-order valence-electron chi connectivity index (χ0n) is 8.83. The minimum absolute atomic E-state index is 0.182. The van der Waals surface area contributed by atoms with Gasteiger partial charge in [0.05, 0.1) is 11.4 Å². The fourth-order valence-corrected chi connectivity index (χ4v) is 1.30. The molecule has 1 aromatic rings. The lowest BCUT2D eigenvalue weighted by Gasteiger charge is -2.13. The van der Waals surface area contributed by atoms with Crippen LogP contribution in [0.2, 0.25) is 0 Å². The summed E-state index contributed by atoms with van der Waals surface area (Å²) in [5.41, 5.74) is 6.78. The van der Waals surface area contributed by atoms with Gasteiger partial charge in [0.2, 0.25) is 0 Å². The van der Waals surface area contributed by atoms with E-state index in [9.17, 15) is 4.39 Å². The van der Waals surface area contributed by atoms with Crippen molar-refractivity contribution in [2.75, 3.05) is 24.2 Å². The van der Waals surface area contributed by atoms with Gasteiger partial charge in [-0.05, 0) is 30.5 Å². The van der Waals surface area contributed by atoms with Crippen LogP contribution in [0.4, 0.5) is 15.8 Å². The third kappa shape index (κ3) is 3.75. The smallest absolute Gasteiger partial charge is 0.125 e. The van der Waals surface area contributed by atoms with Gasteiger partial charge in [0.15, 0.2) is 0 Å². The maximum Gasteiger partial charge on any atom is 0.125 e. The number of nitrogens with one attached hydrogen (secondary N) is 1. The minimum atomic E-state index is -0.332. The predicted molar refractivity (Wildman–Crippen MR) is 60.2 cm³/mol. The molecule has 1 aromatic carbocycles. The first-order valence-corrected chi connectivity index (χ1v) is 5.03. The van der Waals surface area contributed by atoms with Gasteiger partial charge in [0.25, 0.3) is 0 Å². The molecule has 1 unspecified atom stereocenters. The van der Waals surface area contributed by atoms with Crippen LogP contribution in [0.25, 0.3) is 0 Å². The minimum Gasteiger partial charge on any atom is -0.397 e. The number of aliphatic hydroxyl groups is 1. The summed E-state index contributed by atoms with van der Waals surface area (Å²) in [6, 6.07) is 4.28. The summed E-state index contributed by atoms with van der Waals surface area (Å²) in [4.78, 5) is 0. The highest BCUT2D eigenvalue weighted by molar-refractivity contribution is 5.65. The number of nitrogens with two attached hydrogens (primary N) is 1. The Labute approximate surface area is 89.1 Å². The summed E-state index contributed by atoms with van der Waals surface area (Å²) in [5.74, 6) is 0.0286. The Balaban J connectivity index is 2.50. The van der Waals surface area contributed by atoms with E-state index in [0.717, 1.165) is 18.7 Å². The molecule has 0 aliphatic rings. The Morgan fingerprint density at radius 1 is 1.53 bits per heavy atom. The second kappa shape index (κ2) is 5.56. The number of hydrogen-bond acceptors (Lipinski definition) is 3. The summed E-state index contributed by atoms with van der Waals surface area (Å²) >= 11 is 0. The fraction of sp³-hybridized carbons (Fsp3) is 0.455. The number of aliphatic hydroxyl groups excluding tert-OH is 1. The van der Waals surface area contributed by atoms with E-state index >= 15 is 0 Å². The van der Waals surface area contributed by atoms with E-state index in [2.05, 4.69) is 5.32 Å². The molecule has 84 valence electrons. The molecular formula is C11H17FN2O. The lowest BCUT2D eigenvalue weighted by Crippen LogP contribution is -2.13. The summed E-state index contributed by atoms with van der Waals surface area (Å²) in [7, 11) is 0. The molecule has 0 saturated carbocycles. The molecule has 3 nitrogen and oxygen atoms in total. The molecule has 4 N–H and O–H groups in total. The Hall–Kier alpha value is -1.29. The molecule has 0 radical (unpaired) electrons. The molecule has 15 heavy (non-hydrogen) atoms. The first-order chi connectivity index (χ1) is 7.13. The van der Waals surface area contributed by atoms with Crippen molar-refractivity contribution in [2.45, 2.75) is 13.3 Å². The average molecular weight is 212 g/mol. The van der Waals surface area contributed by atoms with Gasteiger partial charge in [-0.25, -0.2) is 4.39 Å². The van der Waals surface area contributed by atoms with Gasteiger partial charge in [-0.1, -0.05) is 6.92 Å². The zero-order valence-corrected chi connectivity index (χ0v) is 8.83. The normalized spacial score (nSPS) is 12.5. The van der Waals surface area contributed by atoms with Crippen LogP contribution in [-0.2, 0) is 0 Å². The Morgan fingerprint density at radius 3 is 2.87 bits per heavy atom. The zero-order chi connectivity index (χ0) is 11.3. The first-order valence-electron chi connectivity index (χ1n) is 5.03. The molecule has 0 saturated heterocycles. The van der Waals surface area contributed by atoms with Crippen LogP contribution in [0.1, 0.15) is 13.3 Å². The third-order valence-electron chi connectivity index (χ3n) is 2.28. The highest BCUT2D eigenvalue weighted by Crippen LogP contribution is 2.19. The van der Waals surface area contributed by atoms with E-state index < -0.39 is 0 Å². The Kier molecular flexibility index (Phi) is 4.37. The molecule has 0 aliphatic heterocycles. The van der Waals surface area contributed by atoms with E-state index in [-0.39, 0.29) is 12.4 Å². The molecule has 0 fully saturated rings. The molecule has 1 atom stereocenters. The van der Waals surface area contributed by atoms with Crippen LogP contribution in [0, 0.1) is 11.7 Å². The van der Waals surface area contributed by atoms with Crippen molar-refractivity contribution in [1.29, 1.82) is 0 Å². The molecular weight excluding hydrogens is 195 g/mol. The summed E-state index contributed by atoms with van der Waals surface area (Å²) in [6.07, 6.45) is 0.744. The standard InChI is InChI=1S/C11H17FN2O/c1-8(4-5-15)7-14-11-3-2-9(12)6-10(11)13/h2-3,6,8,14-15H,4-5,7,13H2,1H3. The maximum absolute atomic E-state index is 12.7. The number of anilines is 2. The molecule has 4 heteroatoms. The van der Waals surface area contributed by atoms with Crippen LogP contribution in [-0.4, -0.2) is 18.3 Å². The number of rotatable bonds is 5. The second-order valence-electron chi connectivity index (χ2n) is 3.73. The van der Waals surface area contributed by atoms with Gasteiger partial charge >= 0.3 is 0 Å². The number of nitrogen functional groups attached to an aromatic ring is 1. The number of halogens is 1. The van der Waals surface area contributed by atoms with Gasteiger partial charge in [0, 0.05) is 13.2 Å². The SMILES string of the molecule is CC(CCO)CNc1ccc(F)cc1N. The van der Waals surface area contributed by atoms with Gasteiger partial charge in [-0.15, -0.1) is 0 Å². The summed E-state index contributed by atoms with van der Waals surface area (Å²) in [6.45, 7) is 2.93. The van der Waals surface area contributed by atoms with Crippen LogP contribution < -0.4 is 11.1 Å². The molecule has 0 amide bonds. The Bertz CT molecular complexity index is 317. The summed E-state index contributed by atoms with van der Waals surface area (Å²) in [5, 5.41) is 11.8. The lowest BCUT2D eigenvalue weighted by molar-refractivity contribution is 0.266. The van der Waals surface area contributed by atoms with E-state index in [1.165, 1.54) is 12.1 Å². The van der Waals surface area contributed by atoms with Crippen LogP contribution in [0.3, 0.4) is 0 Å². The molecule has 0 heterocycles. The van der Waals surface area contributed by atoms with Crippen molar-refractivity contribution >= 4 is 11.4 Å². The van der Waals surface area contributed by atoms with Crippen molar-refractivity contribution < 1.29 is 9.50 Å². The lowest BCUT2D eigenvalue weighted by atomic mass is 10.1. The van der Waals surface area contributed by atoms with Crippen molar-refractivity contribution in [3.63, 3.8) is 0 Å². The van der Waals surface area contributed by atoms with Crippen LogP contribution >= 0.6 is 0 Å². The van der Waals surface area contributed by atoms with Crippen LogP contribution in [0.5, 0.6) is 0 Å². The maximum atomic E-state index is 12.7.